The van der Waals surface area contributed by atoms with E-state index < -0.39 is 0 Å². The van der Waals surface area contributed by atoms with E-state index in [2.05, 4.69) is 12.2 Å². The largest absolute Gasteiger partial charge is 0.325 e. The minimum Gasteiger partial charge on any atom is -0.325 e. The molecule has 0 aromatic rings. The van der Waals surface area contributed by atoms with Crippen molar-refractivity contribution in [3.8, 4) is 0 Å². The van der Waals surface area contributed by atoms with Crippen molar-refractivity contribution in [1.82, 2.24) is 0 Å². The number of hydrogen-bond acceptors (Lipinski definition) is 1. The van der Waals surface area contributed by atoms with Crippen LogP contribution >= 0.6 is 0 Å². The topological polar surface area (TPSA) is 26.0 Å². The molecule has 0 saturated heterocycles. The maximum atomic E-state index is 6.17. The van der Waals surface area contributed by atoms with Gasteiger partial charge in [0.2, 0.25) is 0 Å². The summed E-state index contributed by atoms with van der Waals surface area (Å²) in [7, 11) is 0. The lowest BCUT2D eigenvalue weighted by atomic mass is 9.91. The highest BCUT2D eigenvalue weighted by Gasteiger charge is 2.29. The van der Waals surface area contributed by atoms with Crippen LogP contribution in [0.1, 0.15) is 38.5 Å². The molecular formula is C10H17N. The molecule has 2 N–H and O–H groups in total. The Morgan fingerprint density at radius 1 is 1.27 bits per heavy atom. The first-order chi connectivity index (χ1) is 5.29. The first kappa shape index (κ1) is 7.35. The number of rotatable bonds is 3. The molecular weight excluding hydrogens is 134 g/mol. The lowest BCUT2D eigenvalue weighted by Crippen LogP contribution is -2.36. The van der Waals surface area contributed by atoms with E-state index in [-0.39, 0.29) is 5.54 Å². The van der Waals surface area contributed by atoms with Gasteiger partial charge in [0.15, 0.2) is 0 Å². The molecule has 0 aromatic heterocycles. The Bertz CT molecular complexity index is 160. The van der Waals surface area contributed by atoms with E-state index in [1.807, 2.05) is 0 Å². The third-order valence-corrected chi connectivity index (χ3v) is 2.96. The zero-order valence-corrected chi connectivity index (χ0v) is 7.05. The lowest BCUT2D eigenvalue weighted by Gasteiger charge is -2.23. The van der Waals surface area contributed by atoms with Crippen LogP contribution in [-0.2, 0) is 0 Å². The quantitative estimate of drug-likeness (QED) is 0.615. The van der Waals surface area contributed by atoms with E-state index in [0.29, 0.717) is 0 Å². The summed E-state index contributed by atoms with van der Waals surface area (Å²) in [6, 6.07) is 0. The van der Waals surface area contributed by atoms with Crippen LogP contribution in [0.5, 0.6) is 0 Å². The fourth-order valence-electron chi connectivity index (χ4n) is 1.82. The second-order valence-corrected chi connectivity index (χ2v) is 4.22. The Morgan fingerprint density at radius 3 is 2.45 bits per heavy atom. The molecule has 0 atom stereocenters. The first-order valence-corrected chi connectivity index (χ1v) is 4.72. The summed E-state index contributed by atoms with van der Waals surface area (Å²) in [5.41, 5.74) is 6.33. The zero-order valence-electron chi connectivity index (χ0n) is 7.05. The van der Waals surface area contributed by atoms with E-state index in [1.54, 1.807) is 0 Å². The molecule has 1 saturated carbocycles. The van der Waals surface area contributed by atoms with Crippen LogP contribution in [0.25, 0.3) is 0 Å². The van der Waals surface area contributed by atoms with Crippen molar-refractivity contribution in [2.45, 2.75) is 44.1 Å². The third kappa shape index (κ3) is 1.84. The zero-order chi connectivity index (χ0) is 7.73. The molecule has 0 radical (unpaired) electrons. The molecule has 1 nitrogen and oxygen atoms in total. The van der Waals surface area contributed by atoms with Gasteiger partial charge in [0.05, 0.1) is 0 Å². The van der Waals surface area contributed by atoms with Gasteiger partial charge in [-0.1, -0.05) is 25.0 Å². The standard InChI is InChI=1S/C10H17N/c11-10(6-1-2-7-10)8-5-9-3-4-9/h1-2,9H,3-8,11H2. The number of nitrogens with two attached hydrogens (primary N) is 1. The maximum Gasteiger partial charge on any atom is 0.0224 e. The monoisotopic (exact) mass is 151 g/mol. The van der Waals surface area contributed by atoms with Crippen LogP contribution in [0, 0.1) is 5.92 Å². The van der Waals surface area contributed by atoms with E-state index >= 15 is 0 Å². The molecule has 2 aliphatic rings. The molecule has 1 heteroatoms. The molecule has 0 aromatic carbocycles. The van der Waals surface area contributed by atoms with Crippen LogP contribution in [0.4, 0.5) is 0 Å². The molecule has 0 unspecified atom stereocenters. The normalized spacial score (nSPS) is 27.7. The van der Waals surface area contributed by atoms with Crippen LogP contribution in [0.15, 0.2) is 12.2 Å². The van der Waals surface area contributed by atoms with Gasteiger partial charge in [-0.25, -0.2) is 0 Å². The van der Waals surface area contributed by atoms with Crippen molar-refractivity contribution in [2.24, 2.45) is 11.7 Å². The van der Waals surface area contributed by atoms with Crippen molar-refractivity contribution < 1.29 is 0 Å². The molecule has 11 heavy (non-hydrogen) atoms. The van der Waals surface area contributed by atoms with Crippen molar-refractivity contribution >= 4 is 0 Å². The van der Waals surface area contributed by atoms with Crippen LogP contribution in [0.2, 0.25) is 0 Å². The minimum absolute atomic E-state index is 0.155. The van der Waals surface area contributed by atoms with E-state index in [9.17, 15) is 0 Å². The SMILES string of the molecule is NC1(CCC2CC2)CC=CC1. The van der Waals surface area contributed by atoms with Gasteiger partial charge in [-0.05, 0) is 31.6 Å². The van der Waals surface area contributed by atoms with Gasteiger partial charge < -0.3 is 5.73 Å². The van der Waals surface area contributed by atoms with Gasteiger partial charge in [-0.15, -0.1) is 0 Å². The van der Waals surface area contributed by atoms with E-state index in [4.69, 9.17) is 5.73 Å². The van der Waals surface area contributed by atoms with Crippen LogP contribution in [0.3, 0.4) is 0 Å². The summed E-state index contributed by atoms with van der Waals surface area (Å²) >= 11 is 0. The lowest BCUT2D eigenvalue weighted by molar-refractivity contribution is 0.395. The van der Waals surface area contributed by atoms with E-state index in [1.165, 1.54) is 25.7 Å². The molecule has 0 spiro atoms. The summed E-state index contributed by atoms with van der Waals surface area (Å²) in [5, 5.41) is 0. The second kappa shape index (κ2) is 2.63. The van der Waals surface area contributed by atoms with Gasteiger partial charge >= 0.3 is 0 Å². The Balaban J connectivity index is 1.74. The maximum absolute atomic E-state index is 6.17. The van der Waals surface area contributed by atoms with Gasteiger partial charge in [0, 0.05) is 5.54 Å². The predicted octanol–water partition coefficient (Wildman–Crippen LogP) is 2.22. The molecule has 62 valence electrons. The van der Waals surface area contributed by atoms with Gasteiger partial charge in [0.25, 0.3) is 0 Å². The summed E-state index contributed by atoms with van der Waals surface area (Å²) in [4.78, 5) is 0. The van der Waals surface area contributed by atoms with Gasteiger partial charge in [-0.3, -0.25) is 0 Å². The summed E-state index contributed by atoms with van der Waals surface area (Å²) in [6.45, 7) is 0. The molecule has 2 rings (SSSR count). The fraction of sp³-hybridized carbons (Fsp3) is 0.800. The first-order valence-electron chi connectivity index (χ1n) is 4.72. The smallest absolute Gasteiger partial charge is 0.0224 e. The van der Waals surface area contributed by atoms with Crippen LogP contribution < -0.4 is 5.73 Å². The minimum atomic E-state index is 0.155. The molecule has 0 bridgehead atoms. The highest BCUT2D eigenvalue weighted by molar-refractivity contribution is 5.06. The summed E-state index contributed by atoms with van der Waals surface area (Å²) < 4.78 is 0. The Kier molecular flexibility index (Phi) is 1.76. The summed E-state index contributed by atoms with van der Waals surface area (Å²) in [6.07, 6.45) is 12.2. The van der Waals surface area contributed by atoms with Crippen molar-refractivity contribution in [3.05, 3.63) is 12.2 Å². The highest BCUT2D eigenvalue weighted by Crippen LogP contribution is 2.37. The number of hydrogen-bond donors (Lipinski definition) is 1. The third-order valence-electron chi connectivity index (χ3n) is 2.96. The molecule has 0 aliphatic heterocycles. The Hall–Kier alpha value is -0.300. The Labute approximate surface area is 68.7 Å². The molecule has 0 amide bonds. The average Bonchev–Trinajstić information content (AvgIpc) is 2.73. The average molecular weight is 151 g/mol. The van der Waals surface area contributed by atoms with E-state index in [0.717, 1.165) is 18.8 Å². The van der Waals surface area contributed by atoms with Crippen molar-refractivity contribution in [3.63, 3.8) is 0 Å². The van der Waals surface area contributed by atoms with Crippen LogP contribution in [-0.4, -0.2) is 5.54 Å². The molecule has 2 aliphatic carbocycles. The molecule has 1 fully saturated rings. The Morgan fingerprint density at radius 2 is 1.91 bits per heavy atom. The second-order valence-electron chi connectivity index (χ2n) is 4.22. The van der Waals surface area contributed by atoms with Crippen molar-refractivity contribution in [2.75, 3.05) is 0 Å². The fourth-order valence-corrected chi connectivity index (χ4v) is 1.82. The summed E-state index contributed by atoms with van der Waals surface area (Å²) in [5.74, 6) is 1.04. The van der Waals surface area contributed by atoms with Gasteiger partial charge in [-0.2, -0.15) is 0 Å². The van der Waals surface area contributed by atoms with Gasteiger partial charge in [0.1, 0.15) is 0 Å². The highest BCUT2D eigenvalue weighted by atomic mass is 14.7. The molecule has 0 heterocycles. The predicted molar refractivity (Wildman–Crippen MR) is 47.3 cm³/mol. The van der Waals surface area contributed by atoms with Crippen molar-refractivity contribution in [1.29, 1.82) is 0 Å².